The Labute approximate surface area is 406 Å². The molecule has 0 unspecified atom stereocenters. The van der Waals surface area contributed by atoms with Gasteiger partial charge >= 0.3 is 0 Å². The molecule has 0 atom stereocenters. The van der Waals surface area contributed by atoms with E-state index >= 15 is 0 Å². The first-order valence-corrected chi connectivity index (χ1v) is 24.1. The van der Waals surface area contributed by atoms with Gasteiger partial charge in [0.2, 0.25) is 0 Å². The van der Waals surface area contributed by atoms with Gasteiger partial charge in [-0.15, -0.1) is 0 Å². The number of nitrogens with zero attached hydrogens (tertiary/aromatic N) is 4. The van der Waals surface area contributed by atoms with Crippen LogP contribution in [0.5, 0.6) is 0 Å². The maximum absolute atomic E-state index is 14.5. The quantitative estimate of drug-likeness (QED) is 0.156. The Hall–Kier alpha value is -8.67. The van der Waals surface area contributed by atoms with Crippen LogP contribution in [0.1, 0.15) is 65.9 Å². The van der Waals surface area contributed by atoms with Crippen molar-refractivity contribution in [1.82, 2.24) is 19.1 Å². The Bertz CT molecular complexity index is 3950. The van der Waals surface area contributed by atoms with Gasteiger partial charge in [0.25, 0.3) is 0 Å². The lowest BCUT2D eigenvalue weighted by molar-refractivity contribution is 0.103. The number of aromatic nitrogens is 4. The summed E-state index contributed by atoms with van der Waals surface area (Å²) in [4.78, 5) is 23.7. The molecule has 2 aliphatic carbocycles. The molecule has 0 aliphatic heterocycles. The van der Waals surface area contributed by atoms with Crippen molar-refractivity contribution in [2.24, 2.45) is 0 Å². The second-order valence-corrected chi connectivity index (χ2v) is 20.2. The Morgan fingerprint density at radius 2 is 0.786 bits per heavy atom. The molecular formula is C65H46N4O. The Kier molecular flexibility index (Phi) is 8.47. The minimum atomic E-state index is -0.129. The topological polar surface area (TPSA) is 52.7 Å². The van der Waals surface area contributed by atoms with Gasteiger partial charge in [-0.1, -0.05) is 137 Å². The van der Waals surface area contributed by atoms with Crippen molar-refractivity contribution in [3.05, 3.63) is 240 Å². The van der Waals surface area contributed by atoms with Crippen LogP contribution in [0.4, 0.5) is 0 Å². The average molecular weight is 899 g/mol. The lowest BCUT2D eigenvalue weighted by atomic mass is 9.82. The van der Waals surface area contributed by atoms with Crippen LogP contribution >= 0.6 is 0 Å². The van der Waals surface area contributed by atoms with E-state index in [0.29, 0.717) is 11.1 Å². The minimum absolute atomic E-state index is 0.0178. The van der Waals surface area contributed by atoms with E-state index in [2.05, 4.69) is 192 Å². The molecule has 0 amide bonds. The van der Waals surface area contributed by atoms with Crippen molar-refractivity contribution in [3.63, 3.8) is 0 Å². The first-order chi connectivity index (χ1) is 34.1. The molecule has 4 heterocycles. The summed E-state index contributed by atoms with van der Waals surface area (Å²) in [5, 5.41) is 4.61. The van der Waals surface area contributed by atoms with Gasteiger partial charge in [-0.05, 0) is 140 Å². The first kappa shape index (κ1) is 40.4. The Balaban J connectivity index is 0.810. The average Bonchev–Trinajstić information content (AvgIpc) is 4.06. The summed E-state index contributed by atoms with van der Waals surface area (Å²) in [7, 11) is 0. The number of hydrogen-bond donors (Lipinski definition) is 0. The zero-order valence-corrected chi connectivity index (χ0v) is 39.3. The highest BCUT2D eigenvalue weighted by Gasteiger charge is 2.37. The van der Waals surface area contributed by atoms with E-state index in [-0.39, 0.29) is 16.6 Å². The fourth-order valence-electron chi connectivity index (χ4n) is 12.2. The summed E-state index contributed by atoms with van der Waals surface area (Å²) < 4.78 is 4.74. The molecule has 14 rings (SSSR count). The molecule has 0 fully saturated rings. The van der Waals surface area contributed by atoms with E-state index in [1.54, 1.807) is 0 Å². The zero-order valence-electron chi connectivity index (χ0n) is 39.3. The zero-order chi connectivity index (χ0) is 47.0. The Morgan fingerprint density at radius 1 is 0.371 bits per heavy atom. The summed E-state index contributed by atoms with van der Waals surface area (Å²) in [6.45, 7) is 9.32. The number of benzene rings is 8. The normalized spacial score (nSPS) is 14.0. The standard InChI is InChI=1S/C65H46N4O/c1-64(2)55-23-7-5-21-47(55)49-33-51-53-37-66-27-25-59(53)68(61(51)35-57(49)64)45-19-11-15-41(31-45)39-13-9-17-43(29-39)63(70)44-18-10-14-40(30-44)42-16-12-20-46(32-42)69-60-26-28-67-38-54(60)52-34-50-48-22-6-8-24-56(48)65(3,4)58(50)36-62(52)69/h5-38H,1-4H3. The molecular weight excluding hydrogens is 853 g/mol. The van der Waals surface area contributed by atoms with Crippen LogP contribution in [0.15, 0.2) is 207 Å². The number of carbonyl (C=O) groups is 1. The molecule has 0 spiro atoms. The van der Waals surface area contributed by atoms with E-state index in [0.717, 1.165) is 66.5 Å². The fraction of sp³-hybridized carbons (Fsp3) is 0.0923. The SMILES string of the molecule is CC1(C)c2ccccc2-c2cc3c4cnccc4n(-c4cccc(-c5cccc(C(=O)c6cccc(-c7cccc(-n8c9ccncc9c9cc%10c(cc98)C(C)(C)c8ccccc8-%10)c7)c6)c5)c4)c3cc21. The molecule has 332 valence electrons. The molecule has 5 nitrogen and oxygen atoms in total. The predicted molar refractivity (Wildman–Crippen MR) is 287 cm³/mol. The van der Waals surface area contributed by atoms with Gasteiger partial charge in [0.05, 0.1) is 22.1 Å². The van der Waals surface area contributed by atoms with Crippen molar-refractivity contribution >= 4 is 49.4 Å². The summed E-state index contributed by atoms with van der Waals surface area (Å²) in [5.74, 6) is -0.0178. The van der Waals surface area contributed by atoms with Gasteiger partial charge in [-0.2, -0.15) is 0 Å². The van der Waals surface area contributed by atoms with Crippen LogP contribution in [0, 0.1) is 0 Å². The second kappa shape index (κ2) is 14.7. The molecule has 8 aromatic carbocycles. The summed E-state index contributed by atoms with van der Waals surface area (Å²) in [6.07, 6.45) is 7.74. The molecule has 70 heavy (non-hydrogen) atoms. The van der Waals surface area contributed by atoms with Gasteiger partial charge in [-0.3, -0.25) is 14.8 Å². The van der Waals surface area contributed by atoms with E-state index in [1.165, 1.54) is 55.3 Å². The van der Waals surface area contributed by atoms with Crippen LogP contribution < -0.4 is 0 Å². The van der Waals surface area contributed by atoms with E-state index in [4.69, 9.17) is 0 Å². The molecule has 4 aromatic heterocycles. The van der Waals surface area contributed by atoms with Crippen molar-refractivity contribution in [3.8, 4) is 55.9 Å². The van der Waals surface area contributed by atoms with Crippen molar-refractivity contribution in [2.75, 3.05) is 0 Å². The number of pyridine rings is 2. The lowest BCUT2D eigenvalue weighted by Crippen LogP contribution is -2.14. The van der Waals surface area contributed by atoms with Crippen LogP contribution in [0.3, 0.4) is 0 Å². The largest absolute Gasteiger partial charge is 0.309 e. The van der Waals surface area contributed by atoms with Crippen LogP contribution in [0.2, 0.25) is 0 Å². The third-order valence-electron chi connectivity index (χ3n) is 15.7. The second-order valence-electron chi connectivity index (χ2n) is 20.2. The number of rotatable bonds is 6. The van der Waals surface area contributed by atoms with E-state index in [9.17, 15) is 4.79 Å². The molecule has 0 bridgehead atoms. The highest BCUT2D eigenvalue weighted by Crippen LogP contribution is 2.52. The number of fused-ring (bicyclic) bond motifs is 12. The van der Waals surface area contributed by atoms with Crippen LogP contribution in [0.25, 0.3) is 99.5 Å². The van der Waals surface area contributed by atoms with E-state index < -0.39 is 0 Å². The number of carbonyl (C=O) groups excluding carboxylic acids is 1. The van der Waals surface area contributed by atoms with Crippen LogP contribution in [-0.4, -0.2) is 24.9 Å². The summed E-state index contributed by atoms with van der Waals surface area (Å²) in [5.41, 5.74) is 22.3. The molecule has 0 N–H and O–H groups in total. The maximum Gasteiger partial charge on any atom is 0.193 e. The summed E-state index contributed by atoms with van der Waals surface area (Å²) in [6, 6.07) is 64.8. The molecule has 0 saturated heterocycles. The van der Waals surface area contributed by atoms with Gasteiger partial charge in [0.1, 0.15) is 0 Å². The lowest BCUT2D eigenvalue weighted by Gasteiger charge is -2.21. The third kappa shape index (κ3) is 5.75. The fourth-order valence-corrected chi connectivity index (χ4v) is 12.2. The Morgan fingerprint density at radius 3 is 1.24 bits per heavy atom. The van der Waals surface area contributed by atoms with E-state index in [1.807, 2.05) is 61.2 Å². The molecule has 2 aliphatic rings. The van der Waals surface area contributed by atoms with Gasteiger partial charge in [-0.25, -0.2) is 0 Å². The highest BCUT2D eigenvalue weighted by atomic mass is 16.1. The summed E-state index contributed by atoms with van der Waals surface area (Å²) >= 11 is 0. The maximum atomic E-state index is 14.5. The predicted octanol–water partition coefficient (Wildman–Crippen LogP) is 15.8. The molecule has 0 saturated carbocycles. The van der Waals surface area contributed by atoms with Crippen molar-refractivity contribution in [2.45, 2.75) is 38.5 Å². The monoisotopic (exact) mass is 898 g/mol. The third-order valence-corrected chi connectivity index (χ3v) is 15.7. The highest BCUT2D eigenvalue weighted by molar-refractivity contribution is 6.13. The first-order valence-electron chi connectivity index (χ1n) is 24.1. The van der Waals surface area contributed by atoms with Gasteiger partial charge < -0.3 is 9.13 Å². The van der Waals surface area contributed by atoms with Crippen molar-refractivity contribution in [1.29, 1.82) is 0 Å². The molecule has 12 aromatic rings. The number of ketones is 1. The van der Waals surface area contributed by atoms with Crippen molar-refractivity contribution < 1.29 is 4.79 Å². The smallest absolute Gasteiger partial charge is 0.193 e. The number of hydrogen-bond acceptors (Lipinski definition) is 3. The van der Waals surface area contributed by atoms with Gasteiger partial charge in [0.15, 0.2) is 5.78 Å². The molecule has 0 radical (unpaired) electrons. The van der Waals surface area contributed by atoms with Gasteiger partial charge in [0, 0.05) is 79.7 Å². The van der Waals surface area contributed by atoms with Crippen LogP contribution in [-0.2, 0) is 10.8 Å². The molecule has 5 heteroatoms. The minimum Gasteiger partial charge on any atom is -0.309 e.